The molecule has 8 heteroatoms. The van der Waals surface area contributed by atoms with Crippen molar-refractivity contribution in [2.24, 2.45) is 0 Å². The Morgan fingerprint density at radius 2 is 1.32 bits per heavy atom. The van der Waals surface area contributed by atoms with Gasteiger partial charge < -0.3 is 20.0 Å². The van der Waals surface area contributed by atoms with E-state index in [-0.39, 0.29) is 17.7 Å². The van der Waals surface area contributed by atoms with E-state index in [4.69, 9.17) is 4.43 Å². The van der Waals surface area contributed by atoms with Gasteiger partial charge in [-0.1, -0.05) is 65.8 Å². The molecule has 7 nitrogen and oxygen atoms in total. The highest BCUT2D eigenvalue weighted by molar-refractivity contribution is 6.78. The van der Waals surface area contributed by atoms with Crippen LogP contribution in [-0.2, 0) is 4.79 Å². The number of rotatable bonds is 11. The number of carboxylic acids is 2. The molecule has 1 atom stereocenters. The van der Waals surface area contributed by atoms with Crippen LogP contribution < -0.4 is 9.74 Å². The van der Waals surface area contributed by atoms with Gasteiger partial charge in [0.2, 0.25) is 0 Å². The molecule has 1 amide bonds. The third-order valence-corrected chi connectivity index (χ3v) is 12.5. The van der Waals surface area contributed by atoms with Crippen LogP contribution in [0.25, 0.3) is 0 Å². The fourth-order valence-electron chi connectivity index (χ4n) is 4.83. The summed E-state index contributed by atoms with van der Waals surface area (Å²) in [6.45, 7) is 13.0. The zero-order valence-corrected chi connectivity index (χ0v) is 21.7. The summed E-state index contributed by atoms with van der Waals surface area (Å²) in [5.41, 5.74) is 1.59. The minimum Gasteiger partial charge on any atom is -0.543 e. The Labute approximate surface area is 202 Å². The molecule has 1 unspecified atom stereocenters. The van der Waals surface area contributed by atoms with Crippen molar-refractivity contribution in [1.29, 1.82) is 0 Å². The molecule has 0 spiro atoms. The second kappa shape index (κ2) is 11.3. The van der Waals surface area contributed by atoms with E-state index in [0.29, 0.717) is 22.2 Å². The first-order valence-electron chi connectivity index (χ1n) is 11.5. The number of nitrogens with one attached hydrogen (secondary N) is 1. The SMILES string of the molecule is CC(C)[Si](Oc1ccc(C(CNC(=O)c2ccccc2C(=O)O)C(=O)O)cc1)(C(C)C)C(C)C. The predicted molar refractivity (Wildman–Crippen MR) is 134 cm³/mol. The molecule has 0 radical (unpaired) electrons. The van der Waals surface area contributed by atoms with Gasteiger partial charge in [-0.05, 0) is 46.5 Å². The van der Waals surface area contributed by atoms with Crippen molar-refractivity contribution in [2.45, 2.75) is 64.1 Å². The molecule has 2 aromatic rings. The molecule has 0 bridgehead atoms. The number of aliphatic carboxylic acids is 1. The average molecular weight is 486 g/mol. The normalized spacial score (nSPS) is 12.6. The van der Waals surface area contributed by atoms with E-state index in [1.165, 1.54) is 18.2 Å². The van der Waals surface area contributed by atoms with Crippen LogP contribution in [0, 0.1) is 0 Å². The van der Waals surface area contributed by atoms with E-state index < -0.39 is 32.1 Å². The van der Waals surface area contributed by atoms with Crippen LogP contribution in [0.2, 0.25) is 16.6 Å². The summed E-state index contributed by atoms with van der Waals surface area (Å²) in [4.78, 5) is 35.9. The average Bonchev–Trinajstić information content (AvgIpc) is 2.77. The van der Waals surface area contributed by atoms with Crippen molar-refractivity contribution in [2.75, 3.05) is 6.54 Å². The largest absolute Gasteiger partial charge is 0.543 e. The highest BCUT2D eigenvalue weighted by atomic mass is 28.4. The van der Waals surface area contributed by atoms with E-state index in [1.54, 1.807) is 30.3 Å². The summed E-state index contributed by atoms with van der Waals surface area (Å²) in [5, 5.41) is 21.6. The zero-order valence-electron chi connectivity index (χ0n) is 20.7. The predicted octanol–water partition coefficient (Wildman–Crippen LogP) is 5.54. The van der Waals surface area contributed by atoms with Gasteiger partial charge in [0.25, 0.3) is 14.2 Å². The third-order valence-electron chi connectivity index (χ3n) is 6.45. The summed E-state index contributed by atoms with van der Waals surface area (Å²) >= 11 is 0. The van der Waals surface area contributed by atoms with Crippen molar-refractivity contribution in [3.8, 4) is 5.75 Å². The monoisotopic (exact) mass is 485 g/mol. The Balaban J connectivity index is 2.21. The first-order valence-corrected chi connectivity index (χ1v) is 13.7. The van der Waals surface area contributed by atoms with Crippen molar-refractivity contribution in [1.82, 2.24) is 5.32 Å². The lowest BCUT2D eigenvalue weighted by atomic mass is 9.98. The van der Waals surface area contributed by atoms with Crippen LogP contribution in [0.5, 0.6) is 5.75 Å². The molecule has 0 fully saturated rings. The standard InChI is InChI=1S/C26H35NO6Si/c1-16(2)34(17(3)4,18(5)6)33-20-13-11-19(12-14-20)23(26(31)32)15-27-24(28)21-9-7-8-10-22(21)25(29)30/h7-14,16-18,23H,15H2,1-6H3,(H,27,28)(H,29,30)(H,31,32). The number of hydrogen-bond donors (Lipinski definition) is 3. The first-order chi connectivity index (χ1) is 15.9. The van der Waals surface area contributed by atoms with E-state index in [1.807, 2.05) is 0 Å². The highest BCUT2D eigenvalue weighted by Crippen LogP contribution is 2.42. The van der Waals surface area contributed by atoms with Crippen LogP contribution in [0.15, 0.2) is 48.5 Å². The molecule has 2 rings (SSSR count). The van der Waals surface area contributed by atoms with Gasteiger partial charge >= 0.3 is 11.9 Å². The first kappa shape index (κ1) is 27.1. The van der Waals surface area contributed by atoms with Crippen LogP contribution in [0.4, 0.5) is 0 Å². The lowest BCUT2D eigenvalue weighted by Crippen LogP contribution is -2.50. The molecular weight excluding hydrogens is 450 g/mol. The Kier molecular flexibility index (Phi) is 9.04. The van der Waals surface area contributed by atoms with Gasteiger partial charge in [0.1, 0.15) is 5.75 Å². The summed E-state index contributed by atoms with van der Waals surface area (Å²) in [6.07, 6.45) is 0. The quantitative estimate of drug-likeness (QED) is 0.360. The van der Waals surface area contributed by atoms with Crippen LogP contribution in [-0.4, -0.2) is 42.9 Å². The summed E-state index contributed by atoms with van der Waals surface area (Å²) in [5.74, 6) is -3.21. The maximum atomic E-state index is 12.5. The summed E-state index contributed by atoms with van der Waals surface area (Å²) < 4.78 is 6.64. The highest BCUT2D eigenvalue weighted by Gasteiger charge is 2.47. The summed E-state index contributed by atoms with van der Waals surface area (Å²) in [7, 11) is -2.14. The zero-order chi connectivity index (χ0) is 25.6. The van der Waals surface area contributed by atoms with E-state index in [2.05, 4.69) is 46.9 Å². The molecule has 2 aromatic carbocycles. The van der Waals surface area contributed by atoms with Crippen molar-refractivity contribution in [3.05, 3.63) is 65.2 Å². The minimum absolute atomic E-state index is 0.0137. The smallest absolute Gasteiger partial charge is 0.336 e. The van der Waals surface area contributed by atoms with E-state index >= 15 is 0 Å². The third kappa shape index (κ3) is 5.86. The maximum absolute atomic E-state index is 12.5. The molecule has 0 saturated carbocycles. The molecule has 34 heavy (non-hydrogen) atoms. The van der Waals surface area contributed by atoms with Crippen molar-refractivity contribution in [3.63, 3.8) is 0 Å². The molecular formula is C26H35NO6Si. The fourth-order valence-corrected chi connectivity index (χ4v) is 10.1. The van der Waals surface area contributed by atoms with Crippen molar-refractivity contribution >= 4 is 26.2 Å². The summed E-state index contributed by atoms with van der Waals surface area (Å²) in [6, 6.07) is 12.8. The van der Waals surface area contributed by atoms with Gasteiger partial charge in [-0.25, -0.2) is 4.79 Å². The molecule has 0 saturated heterocycles. The number of carboxylic acid groups (broad SMARTS) is 2. The molecule has 184 valence electrons. The van der Waals surface area contributed by atoms with Crippen molar-refractivity contribution < 1.29 is 29.0 Å². The number of amides is 1. The molecule has 0 aliphatic rings. The number of aromatic carboxylic acids is 1. The number of carbonyl (C=O) groups is 3. The Bertz CT molecular complexity index is 994. The van der Waals surface area contributed by atoms with Crippen LogP contribution in [0.3, 0.4) is 0 Å². The number of hydrogen-bond acceptors (Lipinski definition) is 4. The maximum Gasteiger partial charge on any atom is 0.336 e. The van der Waals surface area contributed by atoms with Gasteiger partial charge in [-0.2, -0.15) is 0 Å². The van der Waals surface area contributed by atoms with Gasteiger partial charge in [0.05, 0.1) is 17.0 Å². The molecule has 0 heterocycles. The fraction of sp³-hybridized carbons (Fsp3) is 0.423. The Morgan fingerprint density at radius 1 is 0.824 bits per heavy atom. The molecule has 0 aliphatic carbocycles. The van der Waals surface area contributed by atoms with Gasteiger partial charge in [-0.3, -0.25) is 9.59 Å². The van der Waals surface area contributed by atoms with Crippen LogP contribution >= 0.6 is 0 Å². The van der Waals surface area contributed by atoms with Crippen LogP contribution in [0.1, 0.15) is 73.7 Å². The van der Waals surface area contributed by atoms with Gasteiger partial charge in [0.15, 0.2) is 0 Å². The second-order valence-electron chi connectivity index (χ2n) is 9.44. The van der Waals surface area contributed by atoms with E-state index in [0.717, 1.165) is 5.75 Å². The lowest BCUT2D eigenvalue weighted by molar-refractivity contribution is -0.138. The van der Waals surface area contributed by atoms with E-state index in [9.17, 15) is 24.6 Å². The topological polar surface area (TPSA) is 113 Å². The Hall–Kier alpha value is -3.13. The minimum atomic E-state index is -2.14. The number of carbonyl (C=O) groups excluding carboxylic acids is 1. The van der Waals surface area contributed by atoms with Gasteiger partial charge in [0, 0.05) is 6.54 Å². The molecule has 0 aromatic heterocycles. The second-order valence-corrected chi connectivity index (χ2v) is 14.8. The van der Waals surface area contributed by atoms with Gasteiger partial charge in [-0.15, -0.1) is 0 Å². The number of benzene rings is 2. The molecule has 3 N–H and O–H groups in total. The Morgan fingerprint density at radius 3 is 1.76 bits per heavy atom. The lowest BCUT2D eigenvalue weighted by Gasteiger charge is -2.42. The molecule has 0 aliphatic heterocycles.